The van der Waals surface area contributed by atoms with E-state index in [1.807, 2.05) is 88.4 Å². The summed E-state index contributed by atoms with van der Waals surface area (Å²) in [7, 11) is -6.02. The second kappa shape index (κ2) is 14.4. The Morgan fingerprint density at radius 2 is 1.47 bits per heavy atom. The molecule has 11 heteroatoms. The molecule has 0 saturated carbocycles. The molecular formula is C40H41N3O6S2. The highest BCUT2D eigenvalue weighted by Gasteiger charge is 2.24. The van der Waals surface area contributed by atoms with Crippen LogP contribution in [0.25, 0.3) is 33.4 Å². The molecule has 0 bridgehead atoms. The van der Waals surface area contributed by atoms with Crippen molar-refractivity contribution in [3.8, 4) is 22.5 Å². The minimum atomic E-state index is -4.56. The quantitative estimate of drug-likeness (QED) is 0.0692. The molecular weight excluding hydrogens is 683 g/mol. The van der Waals surface area contributed by atoms with Crippen molar-refractivity contribution in [1.29, 1.82) is 0 Å². The lowest BCUT2D eigenvalue weighted by Crippen LogP contribution is -2.15. The molecule has 4 aromatic rings. The highest BCUT2D eigenvalue weighted by molar-refractivity contribution is 7.90. The number of hydrogen-bond donors (Lipinski definition) is 3. The average molecular weight is 724 g/mol. The molecule has 3 N–H and O–H groups in total. The van der Waals surface area contributed by atoms with Gasteiger partial charge in [-0.25, -0.2) is 13.4 Å². The smallest absolute Gasteiger partial charge is 0.295 e. The summed E-state index contributed by atoms with van der Waals surface area (Å²) >= 11 is 0. The van der Waals surface area contributed by atoms with Crippen molar-refractivity contribution in [1.82, 2.24) is 5.32 Å². The molecule has 2 aliphatic rings. The van der Waals surface area contributed by atoms with Crippen LogP contribution in [0.5, 0.6) is 0 Å². The maximum absolute atomic E-state index is 12.7. The third-order valence-electron chi connectivity index (χ3n) is 8.95. The van der Waals surface area contributed by atoms with Gasteiger partial charge in [0.15, 0.2) is 9.84 Å². The van der Waals surface area contributed by atoms with Gasteiger partial charge in [0.2, 0.25) is 0 Å². The molecule has 0 spiro atoms. The molecule has 4 aromatic carbocycles. The normalized spacial score (nSPS) is 12.5. The standard InChI is InChI=1S/C40H41N3O6S2/c1-25-10-8-11-26(2)39(25)42-30-14-16-32-35(22-30)49-36-23-31(15-17-33(36)38(32)34-12-6-7-13-37(34)51(46,47)48)43-40-27(3)20-29(21-28(40)4)24-50(44,45)19-9-18-41-5/h6-8,10-17,20-23,41-42H,9,18-19,24H2,1-5H3,(H,46,47,48). The van der Waals surface area contributed by atoms with E-state index in [1.54, 1.807) is 31.3 Å². The van der Waals surface area contributed by atoms with Crippen LogP contribution in [0.3, 0.4) is 0 Å². The van der Waals surface area contributed by atoms with Crippen LogP contribution in [0.4, 0.5) is 17.1 Å². The van der Waals surface area contributed by atoms with E-state index in [0.717, 1.165) is 44.9 Å². The van der Waals surface area contributed by atoms with Gasteiger partial charge in [-0.3, -0.25) is 4.55 Å². The summed E-state index contributed by atoms with van der Waals surface area (Å²) in [4.78, 5) is 4.75. The monoisotopic (exact) mass is 723 g/mol. The van der Waals surface area contributed by atoms with Gasteiger partial charge in [0.1, 0.15) is 16.2 Å². The number of para-hydroxylation sites is 1. The Kier molecular flexibility index (Phi) is 10.2. The van der Waals surface area contributed by atoms with E-state index < -0.39 is 20.0 Å². The number of nitrogens with zero attached hydrogens (tertiary/aromatic N) is 1. The first-order chi connectivity index (χ1) is 24.2. The SMILES string of the molecule is CNCCCS(=O)(=O)Cc1cc(C)c(N=c2ccc3c(-c4ccccc4S(=O)(=O)O)c4ccc(Nc5c(C)cccc5C)cc4oc-3c2)c(C)c1. The van der Waals surface area contributed by atoms with E-state index in [2.05, 4.69) is 10.6 Å². The third-order valence-corrected chi connectivity index (χ3v) is 11.5. The predicted molar refractivity (Wildman–Crippen MR) is 204 cm³/mol. The fourth-order valence-electron chi connectivity index (χ4n) is 6.60. The lowest BCUT2D eigenvalue weighted by Gasteiger charge is -2.18. The van der Waals surface area contributed by atoms with E-state index in [4.69, 9.17) is 9.41 Å². The maximum atomic E-state index is 12.7. The zero-order chi connectivity index (χ0) is 36.5. The average Bonchev–Trinajstić information content (AvgIpc) is 3.06. The molecule has 0 aromatic heterocycles. The summed E-state index contributed by atoms with van der Waals surface area (Å²) in [6, 6.07) is 27.3. The highest BCUT2D eigenvalue weighted by Crippen LogP contribution is 2.43. The van der Waals surface area contributed by atoms with E-state index >= 15 is 0 Å². The number of nitrogens with one attached hydrogen (secondary N) is 2. The predicted octanol–water partition coefficient (Wildman–Crippen LogP) is 8.19. The van der Waals surface area contributed by atoms with Gasteiger partial charge in [-0.2, -0.15) is 8.42 Å². The van der Waals surface area contributed by atoms with Crippen molar-refractivity contribution < 1.29 is 25.8 Å². The number of aryl methyl sites for hydroxylation is 4. The summed E-state index contributed by atoms with van der Waals surface area (Å²) in [5.74, 6) is 0.551. The van der Waals surface area contributed by atoms with E-state index in [9.17, 15) is 21.4 Å². The molecule has 9 nitrogen and oxygen atoms in total. The molecule has 6 rings (SSSR count). The topological polar surface area (TPSA) is 138 Å². The van der Waals surface area contributed by atoms with Gasteiger partial charge >= 0.3 is 0 Å². The molecule has 0 unspecified atom stereocenters. The van der Waals surface area contributed by atoms with Crippen LogP contribution in [0, 0.1) is 27.7 Å². The van der Waals surface area contributed by atoms with Crippen molar-refractivity contribution in [2.24, 2.45) is 4.99 Å². The molecule has 0 saturated heterocycles. The zero-order valence-electron chi connectivity index (χ0n) is 29.2. The Hall–Kier alpha value is -4.81. The number of hydrogen-bond acceptors (Lipinski definition) is 8. The lowest BCUT2D eigenvalue weighted by molar-refractivity contribution is 0.483. The van der Waals surface area contributed by atoms with Gasteiger partial charge < -0.3 is 15.1 Å². The van der Waals surface area contributed by atoms with Crippen molar-refractivity contribution in [2.75, 3.05) is 24.7 Å². The molecule has 264 valence electrons. The minimum Gasteiger partial charge on any atom is -0.456 e. The molecule has 0 fully saturated rings. The van der Waals surface area contributed by atoms with Crippen molar-refractivity contribution in [3.63, 3.8) is 0 Å². The first kappa shape index (κ1) is 36.0. The Morgan fingerprint density at radius 1 is 0.765 bits per heavy atom. The van der Waals surface area contributed by atoms with Crippen LogP contribution in [-0.2, 0) is 25.7 Å². The molecule has 0 radical (unpaired) electrons. The number of fused-ring (bicyclic) bond motifs is 2. The van der Waals surface area contributed by atoms with Crippen LogP contribution < -0.4 is 16.0 Å². The maximum Gasteiger partial charge on any atom is 0.295 e. The first-order valence-electron chi connectivity index (χ1n) is 16.6. The number of anilines is 2. The largest absolute Gasteiger partial charge is 0.456 e. The molecule has 0 atom stereocenters. The highest BCUT2D eigenvalue weighted by atomic mass is 32.2. The van der Waals surface area contributed by atoms with Crippen molar-refractivity contribution in [2.45, 2.75) is 44.8 Å². The van der Waals surface area contributed by atoms with E-state index in [1.165, 1.54) is 6.07 Å². The minimum absolute atomic E-state index is 0.0331. The van der Waals surface area contributed by atoms with Crippen molar-refractivity contribution in [3.05, 3.63) is 124 Å². The van der Waals surface area contributed by atoms with Crippen LogP contribution in [0.15, 0.2) is 105 Å². The molecule has 0 amide bonds. The molecule has 1 heterocycles. The fourth-order valence-corrected chi connectivity index (χ4v) is 8.70. The Bertz CT molecular complexity index is 2500. The lowest BCUT2D eigenvalue weighted by atomic mass is 9.93. The van der Waals surface area contributed by atoms with Gasteiger partial charge in [0.25, 0.3) is 10.1 Å². The second-order valence-corrected chi connectivity index (χ2v) is 16.5. The molecule has 51 heavy (non-hydrogen) atoms. The van der Waals surface area contributed by atoms with Gasteiger partial charge in [0.05, 0.1) is 22.6 Å². The van der Waals surface area contributed by atoms with Crippen LogP contribution in [0.2, 0.25) is 0 Å². The Morgan fingerprint density at radius 3 is 2.16 bits per heavy atom. The number of benzene rings is 5. The van der Waals surface area contributed by atoms with Crippen molar-refractivity contribution >= 4 is 48.0 Å². The third kappa shape index (κ3) is 7.92. The van der Waals surface area contributed by atoms with Crippen LogP contribution in [-0.4, -0.2) is 40.7 Å². The van der Waals surface area contributed by atoms with Gasteiger partial charge in [-0.15, -0.1) is 0 Å². The number of rotatable bonds is 11. The Balaban J connectivity index is 1.50. The van der Waals surface area contributed by atoms with Gasteiger partial charge in [0, 0.05) is 45.6 Å². The summed E-state index contributed by atoms with van der Waals surface area (Å²) in [5, 5.41) is 7.76. The molecule has 1 aliphatic carbocycles. The first-order valence-corrected chi connectivity index (χ1v) is 19.9. The summed E-state index contributed by atoms with van der Waals surface area (Å²) in [6.07, 6.45) is 0.555. The summed E-state index contributed by atoms with van der Waals surface area (Å²) < 4.78 is 67.4. The summed E-state index contributed by atoms with van der Waals surface area (Å²) in [6.45, 7) is 8.54. The fraction of sp³-hybridized carbons (Fsp3) is 0.225. The molecule has 1 aliphatic heterocycles. The van der Waals surface area contributed by atoms with E-state index in [0.29, 0.717) is 51.7 Å². The van der Waals surface area contributed by atoms with Gasteiger partial charge in [-0.05, 0) is 106 Å². The zero-order valence-corrected chi connectivity index (χ0v) is 30.9. The van der Waals surface area contributed by atoms with Crippen LogP contribution >= 0.6 is 0 Å². The van der Waals surface area contributed by atoms with Crippen LogP contribution in [0.1, 0.15) is 34.2 Å². The second-order valence-electron chi connectivity index (χ2n) is 13.0. The van der Waals surface area contributed by atoms with Gasteiger partial charge in [-0.1, -0.05) is 48.5 Å². The number of sulfone groups is 1. The Labute approximate surface area is 299 Å². The summed E-state index contributed by atoms with van der Waals surface area (Å²) in [5.41, 5.74) is 9.16. The van der Waals surface area contributed by atoms with E-state index in [-0.39, 0.29) is 16.4 Å².